The highest BCUT2D eigenvalue weighted by Gasteiger charge is 2.19. The van der Waals surface area contributed by atoms with E-state index in [2.05, 4.69) is 118 Å². The van der Waals surface area contributed by atoms with Crippen LogP contribution in [0.15, 0.2) is 97.2 Å². The van der Waals surface area contributed by atoms with E-state index < -0.39 is 6.10 Å². The van der Waals surface area contributed by atoms with Gasteiger partial charge in [0.1, 0.15) is 13.2 Å². The van der Waals surface area contributed by atoms with E-state index in [1.54, 1.807) is 0 Å². The lowest BCUT2D eigenvalue weighted by atomic mass is 10.0. The van der Waals surface area contributed by atoms with Gasteiger partial charge in [-0.15, -0.1) is 0 Å². The Kier molecular flexibility index (Phi) is 60.8. The molecule has 0 spiro atoms. The molecule has 0 radical (unpaired) electrons. The molecule has 0 N–H and O–H groups in total. The Hall–Kier alpha value is -3.67. The minimum atomic E-state index is -0.806. The van der Waals surface area contributed by atoms with Crippen LogP contribution in [0.3, 0.4) is 0 Å². The zero-order chi connectivity index (χ0) is 55.0. The second-order valence-electron chi connectivity index (χ2n) is 21.3. The molecule has 0 aromatic heterocycles. The van der Waals surface area contributed by atoms with Gasteiger partial charge in [-0.2, -0.15) is 0 Å². The van der Waals surface area contributed by atoms with Crippen molar-refractivity contribution in [3.63, 3.8) is 0 Å². The first kappa shape index (κ1) is 72.3. The third kappa shape index (κ3) is 61.2. The maximum Gasteiger partial charge on any atom is 0.306 e. The number of ether oxygens (including phenoxy) is 3. The summed E-state index contributed by atoms with van der Waals surface area (Å²) in [5, 5.41) is 0. The van der Waals surface area contributed by atoms with Crippen molar-refractivity contribution in [1.29, 1.82) is 0 Å². The van der Waals surface area contributed by atoms with E-state index in [0.29, 0.717) is 19.3 Å². The van der Waals surface area contributed by atoms with Gasteiger partial charge >= 0.3 is 17.9 Å². The van der Waals surface area contributed by atoms with Gasteiger partial charge in [-0.05, 0) is 116 Å². The topological polar surface area (TPSA) is 78.9 Å². The summed E-state index contributed by atoms with van der Waals surface area (Å²) in [6, 6.07) is 0. The summed E-state index contributed by atoms with van der Waals surface area (Å²) >= 11 is 0. The Labute approximate surface area is 470 Å². The lowest BCUT2D eigenvalue weighted by molar-refractivity contribution is -0.167. The number of allylic oxidation sites excluding steroid dienone is 16. The molecule has 0 rings (SSSR count). The number of rotatable bonds is 58. The largest absolute Gasteiger partial charge is 0.462 e. The fourth-order valence-electron chi connectivity index (χ4n) is 8.95. The van der Waals surface area contributed by atoms with Crippen LogP contribution in [0.1, 0.15) is 310 Å². The third-order valence-corrected chi connectivity index (χ3v) is 13.8. The summed E-state index contributed by atoms with van der Waals surface area (Å²) in [5.41, 5.74) is 0. The lowest BCUT2D eigenvalue weighted by Gasteiger charge is -2.18. The maximum atomic E-state index is 12.9. The summed E-state index contributed by atoms with van der Waals surface area (Å²) in [6.07, 6.45) is 85.7. The van der Waals surface area contributed by atoms with Gasteiger partial charge in [0, 0.05) is 19.3 Å². The predicted molar refractivity (Wildman–Crippen MR) is 330 cm³/mol. The van der Waals surface area contributed by atoms with Crippen LogP contribution in [0.4, 0.5) is 0 Å². The number of carbonyl (C=O) groups is 3. The molecular weight excluding hydrogens is 937 g/mol. The molecule has 0 aliphatic heterocycles. The normalized spacial score (nSPS) is 12.7. The predicted octanol–water partition coefficient (Wildman–Crippen LogP) is 22.0. The monoisotopic (exact) mass is 1060 g/mol. The molecule has 1 unspecified atom stereocenters. The van der Waals surface area contributed by atoms with Gasteiger partial charge in [0.25, 0.3) is 0 Å². The van der Waals surface area contributed by atoms with Gasteiger partial charge in [0.05, 0.1) is 0 Å². The molecule has 0 saturated heterocycles. The van der Waals surface area contributed by atoms with E-state index in [-0.39, 0.29) is 37.5 Å². The minimum absolute atomic E-state index is 0.0975. The molecule has 76 heavy (non-hydrogen) atoms. The fourth-order valence-corrected chi connectivity index (χ4v) is 8.95. The average Bonchev–Trinajstić information content (AvgIpc) is 3.42. The molecule has 0 heterocycles. The molecule has 0 aliphatic rings. The summed E-state index contributed by atoms with van der Waals surface area (Å²) in [5.74, 6) is -0.946. The van der Waals surface area contributed by atoms with Crippen LogP contribution in [0.25, 0.3) is 0 Å². The van der Waals surface area contributed by atoms with Crippen molar-refractivity contribution in [3.8, 4) is 0 Å². The molecule has 0 amide bonds. The molecule has 436 valence electrons. The molecule has 0 fully saturated rings. The SMILES string of the molecule is CC/C=C\C/C=C\C/C=C\C/C=C\CCCCC(=O)OC(COC(=O)CCCCCCC/C=C\C/C=C\CCCC)COC(=O)CCCCCCCCCCCCCCCCCCC/C=C\C/C=C\CCCCCCC. The Morgan fingerprint density at radius 1 is 0.276 bits per heavy atom. The molecule has 1 atom stereocenters. The first-order valence-electron chi connectivity index (χ1n) is 32.2. The number of esters is 3. The van der Waals surface area contributed by atoms with Crippen LogP contribution >= 0.6 is 0 Å². The Morgan fingerprint density at radius 2 is 0.526 bits per heavy atom. The lowest BCUT2D eigenvalue weighted by Crippen LogP contribution is -2.30. The van der Waals surface area contributed by atoms with E-state index in [1.807, 2.05) is 0 Å². The van der Waals surface area contributed by atoms with Gasteiger partial charge in [-0.1, -0.05) is 272 Å². The highest BCUT2D eigenvalue weighted by Crippen LogP contribution is 2.16. The Balaban J connectivity index is 4.25. The summed E-state index contributed by atoms with van der Waals surface area (Å²) in [7, 11) is 0. The summed E-state index contributed by atoms with van der Waals surface area (Å²) in [6.45, 7) is 6.45. The van der Waals surface area contributed by atoms with E-state index in [0.717, 1.165) is 109 Å². The smallest absolute Gasteiger partial charge is 0.306 e. The van der Waals surface area contributed by atoms with Crippen LogP contribution < -0.4 is 0 Å². The van der Waals surface area contributed by atoms with Crippen molar-refractivity contribution >= 4 is 17.9 Å². The first-order valence-corrected chi connectivity index (χ1v) is 32.2. The van der Waals surface area contributed by atoms with Crippen molar-refractivity contribution in [2.75, 3.05) is 13.2 Å². The van der Waals surface area contributed by atoms with Crippen molar-refractivity contribution in [1.82, 2.24) is 0 Å². The molecule has 6 heteroatoms. The van der Waals surface area contributed by atoms with E-state index >= 15 is 0 Å². The van der Waals surface area contributed by atoms with Crippen molar-refractivity contribution in [2.45, 2.75) is 316 Å². The van der Waals surface area contributed by atoms with Crippen molar-refractivity contribution in [3.05, 3.63) is 97.2 Å². The number of hydrogen-bond donors (Lipinski definition) is 0. The fraction of sp³-hybridized carbons (Fsp3) is 0.729. The van der Waals surface area contributed by atoms with Gasteiger partial charge in [-0.3, -0.25) is 14.4 Å². The second kappa shape index (κ2) is 63.9. The van der Waals surface area contributed by atoms with Gasteiger partial charge < -0.3 is 14.2 Å². The molecule has 0 bridgehead atoms. The molecule has 0 aromatic rings. The number of unbranched alkanes of at least 4 members (excludes halogenated alkanes) is 31. The first-order chi connectivity index (χ1) is 37.5. The summed E-state index contributed by atoms with van der Waals surface area (Å²) < 4.78 is 16.9. The molecule has 6 nitrogen and oxygen atoms in total. The van der Waals surface area contributed by atoms with Crippen LogP contribution in [0.2, 0.25) is 0 Å². The highest BCUT2D eigenvalue weighted by atomic mass is 16.6. The quantitative estimate of drug-likeness (QED) is 0.0261. The van der Waals surface area contributed by atoms with Crippen LogP contribution in [0, 0.1) is 0 Å². The zero-order valence-corrected chi connectivity index (χ0v) is 50.0. The maximum absolute atomic E-state index is 12.9. The highest BCUT2D eigenvalue weighted by molar-refractivity contribution is 5.71. The van der Waals surface area contributed by atoms with Crippen molar-refractivity contribution < 1.29 is 28.6 Å². The van der Waals surface area contributed by atoms with E-state index in [9.17, 15) is 14.4 Å². The van der Waals surface area contributed by atoms with Crippen molar-refractivity contribution in [2.24, 2.45) is 0 Å². The van der Waals surface area contributed by atoms with Gasteiger partial charge in [-0.25, -0.2) is 0 Å². The van der Waals surface area contributed by atoms with E-state index in [4.69, 9.17) is 14.2 Å². The zero-order valence-electron chi connectivity index (χ0n) is 50.0. The van der Waals surface area contributed by atoms with Gasteiger partial charge in [0.2, 0.25) is 0 Å². The number of hydrogen-bond acceptors (Lipinski definition) is 6. The Morgan fingerprint density at radius 3 is 0.868 bits per heavy atom. The van der Waals surface area contributed by atoms with E-state index in [1.165, 1.54) is 154 Å². The summed E-state index contributed by atoms with van der Waals surface area (Å²) in [4.78, 5) is 38.2. The third-order valence-electron chi connectivity index (χ3n) is 13.8. The molecular formula is C70H120O6. The minimum Gasteiger partial charge on any atom is -0.462 e. The molecule has 0 aliphatic carbocycles. The van der Waals surface area contributed by atoms with Crippen LogP contribution in [0.5, 0.6) is 0 Å². The number of carbonyl (C=O) groups excluding carboxylic acids is 3. The molecule has 0 saturated carbocycles. The van der Waals surface area contributed by atoms with Crippen LogP contribution in [-0.4, -0.2) is 37.2 Å². The molecule has 0 aromatic carbocycles. The van der Waals surface area contributed by atoms with Gasteiger partial charge in [0.15, 0.2) is 6.10 Å². The second-order valence-corrected chi connectivity index (χ2v) is 21.3. The standard InChI is InChI=1S/C70H120O6/c1-4-7-10-13-16-19-22-25-28-29-30-31-32-33-34-35-36-37-38-39-40-41-43-45-48-51-54-57-60-63-69(72)75-66-67(65-74-68(71)62-59-56-53-50-47-44-27-24-21-18-15-12-9-6-3)76-70(73)64-61-58-55-52-49-46-42-26-23-20-17-14-11-8-5-2/h8,11,15,17-18,20,22,24-27,29-30,42,49,52,67H,4-7,9-10,12-14,16,19,21,23,28,31-41,43-48,50-51,53-66H2,1-3H3/b11-8-,18-15-,20-17-,25-22-,27-24-,30-29-,42-26-,52-49-. The average molecular weight is 1060 g/mol. The van der Waals surface area contributed by atoms with Crippen LogP contribution in [-0.2, 0) is 28.6 Å². The Bertz CT molecular complexity index is 1490.